The molecule has 0 bridgehead atoms. The van der Waals surface area contributed by atoms with Crippen molar-refractivity contribution in [1.29, 1.82) is 0 Å². The third-order valence-corrected chi connectivity index (χ3v) is 6.91. The lowest BCUT2D eigenvalue weighted by molar-refractivity contribution is 0.297. The van der Waals surface area contributed by atoms with Gasteiger partial charge in [-0.1, -0.05) is 58.9 Å². The van der Waals surface area contributed by atoms with Gasteiger partial charge < -0.3 is 10.1 Å². The zero-order chi connectivity index (χ0) is 23.4. The second-order valence-electron chi connectivity index (χ2n) is 9.91. The van der Waals surface area contributed by atoms with Gasteiger partial charge in [0.1, 0.15) is 5.75 Å². The highest BCUT2D eigenvalue weighted by Gasteiger charge is 2.26. The lowest BCUT2D eigenvalue weighted by Crippen LogP contribution is -2.21. The Balaban J connectivity index is 1.58. The monoisotopic (exact) mass is 437 g/mol. The average Bonchev–Trinajstić information content (AvgIpc) is 3.17. The van der Waals surface area contributed by atoms with Crippen LogP contribution in [0.5, 0.6) is 5.75 Å². The topological polar surface area (TPSA) is 64.9 Å². The number of nitrogens with one attached hydrogen (secondary N) is 1. The van der Waals surface area contributed by atoms with E-state index in [9.17, 15) is 0 Å². The molecule has 0 saturated heterocycles. The number of nitrogens with zero attached hydrogens (tertiary/aromatic N) is 4. The maximum Gasteiger partial charge on any atom is 0.156 e. The van der Waals surface area contributed by atoms with E-state index in [1.165, 1.54) is 11.1 Å². The Bertz CT molecular complexity index is 1040. The number of benzene rings is 1. The smallest absolute Gasteiger partial charge is 0.156 e. The SMILES string of the molecule is CCC(C)(C)c1ccc(OCCCCNc2nccc3c2nnn3C)c(C(C)(C)CC)c1. The van der Waals surface area contributed by atoms with Gasteiger partial charge in [0.05, 0.1) is 12.1 Å². The molecule has 0 aliphatic carbocycles. The van der Waals surface area contributed by atoms with E-state index in [0.717, 1.165) is 54.8 Å². The molecule has 0 saturated carbocycles. The van der Waals surface area contributed by atoms with Crippen LogP contribution >= 0.6 is 0 Å². The highest BCUT2D eigenvalue weighted by atomic mass is 16.5. The number of ether oxygens (including phenoxy) is 1. The summed E-state index contributed by atoms with van der Waals surface area (Å²) in [5, 5.41) is 11.7. The van der Waals surface area contributed by atoms with E-state index in [2.05, 4.69) is 80.4 Å². The normalized spacial score (nSPS) is 12.3. The Morgan fingerprint density at radius 2 is 1.75 bits per heavy atom. The zero-order valence-corrected chi connectivity index (χ0v) is 20.8. The van der Waals surface area contributed by atoms with Crippen molar-refractivity contribution in [2.45, 2.75) is 78.1 Å². The molecule has 1 N–H and O–H groups in total. The first-order chi connectivity index (χ1) is 15.2. The van der Waals surface area contributed by atoms with Crippen molar-refractivity contribution in [2.24, 2.45) is 7.05 Å². The Morgan fingerprint density at radius 1 is 1.00 bits per heavy atom. The van der Waals surface area contributed by atoms with E-state index in [-0.39, 0.29) is 10.8 Å². The lowest BCUT2D eigenvalue weighted by Gasteiger charge is -2.30. The van der Waals surface area contributed by atoms with E-state index in [1.807, 2.05) is 13.1 Å². The molecular weight excluding hydrogens is 398 g/mol. The zero-order valence-electron chi connectivity index (χ0n) is 20.8. The Kier molecular flexibility index (Phi) is 7.42. The molecule has 0 amide bonds. The molecule has 2 aromatic heterocycles. The first kappa shape index (κ1) is 24.0. The third-order valence-electron chi connectivity index (χ3n) is 6.91. The van der Waals surface area contributed by atoms with Gasteiger partial charge in [-0.3, -0.25) is 0 Å². The highest BCUT2D eigenvalue weighted by Crippen LogP contribution is 2.38. The number of anilines is 1. The fraction of sp³-hybridized carbons (Fsp3) is 0.577. The molecule has 0 aliphatic rings. The van der Waals surface area contributed by atoms with Crippen molar-refractivity contribution in [3.8, 4) is 5.75 Å². The van der Waals surface area contributed by atoms with E-state index >= 15 is 0 Å². The fourth-order valence-electron chi connectivity index (χ4n) is 3.71. The van der Waals surface area contributed by atoms with Gasteiger partial charge in [0.25, 0.3) is 0 Å². The molecule has 174 valence electrons. The number of unbranched alkanes of at least 4 members (excludes halogenated alkanes) is 1. The Morgan fingerprint density at radius 3 is 2.47 bits per heavy atom. The van der Waals surface area contributed by atoms with Crippen molar-refractivity contribution in [3.63, 3.8) is 0 Å². The van der Waals surface area contributed by atoms with Crippen LogP contribution in [0, 0.1) is 0 Å². The number of fused-ring (bicyclic) bond motifs is 1. The predicted molar refractivity (Wildman–Crippen MR) is 133 cm³/mol. The molecule has 3 rings (SSSR count). The number of aromatic nitrogens is 4. The summed E-state index contributed by atoms with van der Waals surface area (Å²) in [6.07, 6.45) is 5.94. The average molecular weight is 438 g/mol. The van der Waals surface area contributed by atoms with Crippen molar-refractivity contribution in [1.82, 2.24) is 20.0 Å². The van der Waals surface area contributed by atoms with Crippen LogP contribution in [0.1, 0.15) is 78.4 Å². The summed E-state index contributed by atoms with van der Waals surface area (Å²) in [6, 6.07) is 8.72. The summed E-state index contributed by atoms with van der Waals surface area (Å²) >= 11 is 0. The number of hydrogen-bond donors (Lipinski definition) is 1. The molecule has 0 fully saturated rings. The minimum absolute atomic E-state index is 0.0811. The van der Waals surface area contributed by atoms with Crippen LogP contribution in [0.25, 0.3) is 11.0 Å². The predicted octanol–water partition coefficient (Wildman–Crippen LogP) is 6.01. The fourth-order valence-corrected chi connectivity index (χ4v) is 3.71. The maximum absolute atomic E-state index is 6.28. The Labute approximate surface area is 192 Å². The van der Waals surface area contributed by atoms with Gasteiger partial charge in [-0.2, -0.15) is 0 Å². The lowest BCUT2D eigenvalue weighted by atomic mass is 9.76. The quantitative estimate of drug-likeness (QED) is 0.372. The van der Waals surface area contributed by atoms with Gasteiger partial charge in [-0.15, -0.1) is 5.10 Å². The second kappa shape index (κ2) is 9.88. The molecule has 0 unspecified atom stereocenters. The third kappa shape index (κ3) is 5.22. The summed E-state index contributed by atoms with van der Waals surface area (Å²) in [5.41, 5.74) is 4.74. The minimum atomic E-state index is 0.0811. The van der Waals surface area contributed by atoms with Crippen molar-refractivity contribution in [2.75, 3.05) is 18.5 Å². The van der Waals surface area contributed by atoms with Gasteiger partial charge in [0, 0.05) is 25.4 Å². The molecule has 0 atom stereocenters. The largest absolute Gasteiger partial charge is 0.493 e. The summed E-state index contributed by atoms with van der Waals surface area (Å²) in [4.78, 5) is 4.41. The van der Waals surface area contributed by atoms with E-state index in [4.69, 9.17) is 4.74 Å². The molecule has 32 heavy (non-hydrogen) atoms. The van der Waals surface area contributed by atoms with Gasteiger partial charge in [-0.05, 0) is 54.2 Å². The molecule has 0 aliphatic heterocycles. The van der Waals surface area contributed by atoms with Crippen LogP contribution in [0.4, 0.5) is 5.82 Å². The number of pyridine rings is 1. The van der Waals surface area contributed by atoms with Crippen molar-refractivity contribution in [3.05, 3.63) is 41.6 Å². The standard InChI is InChI=1S/C26H39N5O/c1-8-25(3,4)19-12-13-22(20(18-19)26(5,6)9-2)32-17-11-10-15-27-24-23-21(14-16-28-24)31(7)30-29-23/h12-14,16,18H,8-11,15,17H2,1-7H3,(H,27,28). The van der Waals surface area contributed by atoms with Gasteiger partial charge in [0.15, 0.2) is 11.3 Å². The maximum atomic E-state index is 6.28. The molecule has 3 aromatic rings. The number of aryl methyl sites for hydroxylation is 1. The van der Waals surface area contributed by atoms with Crippen molar-refractivity contribution < 1.29 is 4.74 Å². The molecule has 6 nitrogen and oxygen atoms in total. The summed E-state index contributed by atoms with van der Waals surface area (Å²) in [5.74, 6) is 1.81. The molecule has 1 aromatic carbocycles. The van der Waals surface area contributed by atoms with E-state index in [1.54, 1.807) is 10.9 Å². The first-order valence-electron chi connectivity index (χ1n) is 11.9. The van der Waals surface area contributed by atoms with Crippen LogP contribution in [0.3, 0.4) is 0 Å². The number of rotatable bonds is 11. The van der Waals surface area contributed by atoms with E-state index < -0.39 is 0 Å². The minimum Gasteiger partial charge on any atom is -0.493 e. The molecule has 0 spiro atoms. The van der Waals surface area contributed by atoms with Crippen LogP contribution < -0.4 is 10.1 Å². The Hall–Kier alpha value is -2.63. The van der Waals surface area contributed by atoms with Crippen LogP contribution in [-0.2, 0) is 17.9 Å². The molecule has 2 heterocycles. The van der Waals surface area contributed by atoms with Crippen molar-refractivity contribution >= 4 is 16.9 Å². The van der Waals surface area contributed by atoms with Gasteiger partial charge >= 0.3 is 0 Å². The molecule has 0 radical (unpaired) electrons. The number of hydrogen-bond acceptors (Lipinski definition) is 5. The van der Waals surface area contributed by atoms with Gasteiger partial charge in [0.2, 0.25) is 0 Å². The first-order valence-corrected chi connectivity index (χ1v) is 11.9. The van der Waals surface area contributed by atoms with Crippen LogP contribution in [0.15, 0.2) is 30.5 Å². The highest BCUT2D eigenvalue weighted by molar-refractivity contribution is 5.84. The van der Waals surface area contributed by atoms with Crippen LogP contribution in [-0.4, -0.2) is 33.1 Å². The molecular formula is C26H39N5O. The van der Waals surface area contributed by atoms with Gasteiger partial charge in [-0.25, -0.2) is 9.67 Å². The summed E-state index contributed by atoms with van der Waals surface area (Å²) in [7, 11) is 1.89. The van der Waals surface area contributed by atoms with E-state index in [0.29, 0.717) is 6.61 Å². The van der Waals surface area contributed by atoms with Crippen LogP contribution in [0.2, 0.25) is 0 Å². The summed E-state index contributed by atoms with van der Waals surface area (Å²) in [6.45, 7) is 15.3. The summed E-state index contributed by atoms with van der Waals surface area (Å²) < 4.78 is 8.05. The second-order valence-corrected chi connectivity index (χ2v) is 9.91. The molecule has 6 heteroatoms.